The Morgan fingerprint density at radius 1 is 1.35 bits per heavy atom. The fourth-order valence-electron chi connectivity index (χ4n) is 2.76. The van der Waals surface area contributed by atoms with Crippen molar-refractivity contribution in [3.8, 4) is 0 Å². The van der Waals surface area contributed by atoms with Crippen molar-refractivity contribution in [2.75, 3.05) is 12.8 Å². The van der Waals surface area contributed by atoms with E-state index in [2.05, 4.69) is 47.7 Å². The summed E-state index contributed by atoms with van der Waals surface area (Å²) < 4.78 is 3.55. The number of rotatable bonds is 4. The van der Waals surface area contributed by atoms with E-state index in [9.17, 15) is 0 Å². The Bertz CT molecular complexity index is 337. The maximum atomic E-state index is 3.55. The van der Waals surface area contributed by atoms with Gasteiger partial charge in [-0.1, -0.05) is 37.5 Å². The van der Waals surface area contributed by atoms with Crippen LogP contribution in [0.1, 0.15) is 39.0 Å². The molecule has 0 aromatic carbocycles. The Kier molecular flexibility index (Phi) is 4.52. The van der Waals surface area contributed by atoms with E-state index in [0.29, 0.717) is 0 Å². The molecule has 1 nitrogen and oxygen atoms in total. The summed E-state index contributed by atoms with van der Waals surface area (Å²) in [5.74, 6) is 1.99. The smallest absolute Gasteiger partial charge is 0.0142 e. The molecule has 1 atom stereocenters. The molecule has 1 aliphatic heterocycles. The lowest BCUT2D eigenvalue weighted by atomic mass is 9.84. The molecule has 0 aromatic rings. The average Bonchev–Trinajstić information content (AvgIpc) is 2.83. The van der Waals surface area contributed by atoms with E-state index in [1.807, 2.05) is 0 Å². The van der Waals surface area contributed by atoms with Crippen molar-refractivity contribution in [3.05, 3.63) is 34.6 Å². The highest BCUT2D eigenvalue weighted by molar-refractivity contribution is 8.37. The topological polar surface area (TPSA) is 12.0 Å². The molecule has 0 bridgehead atoms. The molecule has 1 heterocycles. The summed E-state index contributed by atoms with van der Waals surface area (Å²) in [6.45, 7) is 2.10. The first-order valence-electron chi connectivity index (χ1n) is 6.80. The molecule has 0 saturated heterocycles. The van der Waals surface area contributed by atoms with E-state index in [0.717, 1.165) is 11.7 Å². The predicted octanol–water partition coefficient (Wildman–Crippen LogP) is 4.49. The van der Waals surface area contributed by atoms with E-state index in [1.165, 1.54) is 32.1 Å². The maximum absolute atomic E-state index is 3.55. The second kappa shape index (κ2) is 5.92. The average molecular weight is 251 g/mol. The first-order valence-corrected chi connectivity index (χ1v) is 8.73. The number of hydrogen-bond acceptors (Lipinski definition) is 1. The van der Waals surface area contributed by atoms with Gasteiger partial charge in [-0.15, -0.1) is 10.2 Å². The van der Waals surface area contributed by atoms with Crippen LogP contribution in [-0.4, -0.2) is 12.8 Å². The van der Waals surface area contributed by atoms with Gasteiger partial charge in [-0.25, -0.2) is 0 Å². The van der Waals surface area contributed by atoms with Crippen molar-refractivity contribution in [1.29, 1.82) is 0 Å². The van der Waals surface area contributed by atoms with Gasteiger partial charge in [0.25, 0.3) is 0 Å². The first-order chi connectivity index (χ1) is 8.29. The second-order valence-electron chi connectivity index (χ2n) is 5.04. The molecule has 2 heteroatoms. The summed E-state index contributed by atoms with van der Waals surface area (Å²) in [4.78, 5) is 0. The van der Waals surface area contributed by atoms with E-state index < -0.39 is 10.2 Å². The molecule has 1 saturated carbocycles. The Balaban J connectivity index is 2.07. The normalized spacial score (nSPS) is 33.9. The third kappa shape index (κ3) is 3.05. The summed E-state index contributed by atoms with van der Waals surface area (Å²) in [7, 11) is 1.26. The van der Waals surface area contributed by atoms with E-state index >= 15 is 0 Å². The molecular weight excluding hydrogens is 226 g/mol. The molecule has 0 spiro atoms. The van der Waals surface area contributed by atoms with Crippen LogP contribution in [0.5, 0.6) is 0 Å². The minimum absolute atomic E-state index is 0.839. The molecule has 2 rings (SSSR count). The van der Waals surface area contributed by atoms with Gasteiger partial charge >= 0.3 is 0 Å². The summed E-state index contributed by atoms with van der Waals surface area (Å²) in [5.41, 5.74) is 1.61. The lowest BCUT2D eigenvalue weighted by Crippen LogP contribution is -2.13. The minimum atomic E-state index is -0.839. The van der Waals surface area contributed by atoms with Crippen LogP contribution in [0.15, 0.2) is 34.6 Å². The van der Waals surface area contributed by atoms with Crippen LogP contribution >= 0.6 is 10.2 Å². The summed E-state index contributed by atoms with van der Waals surface area (Å²) in [6, 6.07) is 0. The molecule has 96 valence electrons. The van der Waals surface area contributed by atoms with Crippen LogP contribution < -0.4 is 4.72 Å². The fourth-order valence-corrected chi connectivity index (χ4v) is 5.13. The molecular formula is C15H25NS. The monoisotopic (exact) mass is 251 g/mol. The van der Waals surface area contributed by atoms with Crippen LogP contribution in [0.3, 0.4) is 0 Å². The summed E-state index contributed by atoms with van der Waals surface area (Å²) in [5, 5.41) is 4.97. The van der Waals surface area contributed by atoms with E-state index in [-0.39, 0.29) is 0 Å². The highest BCUT2D eigenvalue weighted by Gasteiger charge is 2.25. The SMILES string of the molecule is CC=CCS1(NC)C=CC(C2CCCCC2)=C1. The summed E-state index contributed by atoms with van der Waals surface area (Å²) in [6.07, 6.45) is 13.9. The van der Waals surface area contributed by atoms with Crippen LogP contribution in [-0.2, 0) is 0 Å². The van der Waals surface area contributed by atoms with Crippen LogP contribution in [0, 0.1) is 5.92 Å². The van der Waals surface area contributed by atoms with E-state index in [4.69, 9.17) is 0 Å². The molecule has 0 aromatic heterocycles. The van der Waals surface area contributed by atoms with Gasteiger partial charge in [-0.3, -0.25) is 4.72 Å². The van der Waals surface area contributed by atoms with Gasteiger partial charge in [0.15, 0.2) is 0 Å². The van der Waals surface area contributed by atoms with Gasteiger partial charge < -0.3 is 0 Å². The predicted molar refractivity (Wildman–Crippen MR) is 80.1 cm³/mol. The largest absolute Gasteiger partial charge is 0.277 e. The zero-order chi connectivity index (χ0) is 12.1. The van der Waals surface area contributed by atoms with Crippen molar-refractivity contribution in [2.45, 2.75) is 39.0 Å². The molecule has 1 aliphatic carbocycles. The third-order valence-electron chi connectivity index (χ3n) is 3.91. The lowest BCUT2D eigenvalue weighted by molar-refractivity contribution is 0.409. The summed E-state index contributed by atoms with van der Waals surface area (Å²) >= 11 is 0. The lowest BCUT2D eigenvalue weighted by Gasteiger charge is -2.30. The zero-order valence-corrected chi connectivity index (χ0v) is 11.9. The second-order valence-corrected chi connectivity index (χ2v) is 7.99. The van der Waals surface area contributed by atoms with Gasteiger partial charge in [0.1, 0.15) is 0 Å². The number of allylic oxidation sites excluding steroid dienone is 3. The Morgan fingerprint density at radius 2 is 2.12 bits per heavy atom. The third-order valence-corrected chi connectivity index (χ3v) is 6.73. The van der Waals surface area contributed by atoms with Crippen LogP contribution in [0.25, 0.3) is 0 Å². The van der Waals surface area contributed by atoms with E-state index in [1.54, 1.807) is 5.57 Å². The Labute approximate surface area is 108 Å². The van der Waals surface area contributed by atoms with Gasteiger partial charge in [-0.2, -0.15) is 0 Å². The minimum Gasteiger partial charge on any atom is -0.277 e. The molecule has 0 radical (unpaired) electrons. The Morgan fingerprint density at radius 3 is 2.76 bits per heavy atom. The van der Waals surface area contributed by atoms with Gasteiger partial charge in [0, 0.05) is 5.75 Å². The molecule has 0 amide bonds. The van der Waals surface area contributed by atoms with Crippen molar-refractivity contribution in [2.24, 2.45) is 5.92 Å². The first kappa shape index (κ1) is 13.0. The van der Waals surface area contributed by atoms with Crippen molar-refractivity contribution < 1.29 is 0 Å². The highest BCUT2D eigenvalue weighted by Crippen LogP contribution is 2.53. The number of nitrogens with one attached hydrogen (secondary N) is 1. The van der Waals surface area contributed by atoms with Crippen LogP contribution in [0.2, 0.25) is 0 Å². The zero-order valence-electron chi connectivity index (χ0n) is 11.1. The molecule has 2 aliphatic rings. The van der Waals surface area contributed by atoms with Crippen molar-refractivity contribution in [3.63, 3.8) is 0 Å². The fraction of sp³-hybridized carbons (Fsp3) is 0.600. The maximum Gasteiger partial charge on any atom is 0.0142 e. The van der Waals surface area contributed by atoms with Crippen molar-refractivity contribution >= 4 is 10.2 Å². The van der Waals surface area contributed by atoms with Crippen LogP contribution in [0.4, 0.5) is 0 Å². The molecule has 17 heavy (non-hydrogen) atoms. The standard InChI is InChI=1S/C15H25NS/c1-3-4-11-17(16-2)12-10-15(13-17)14-8-6-5-7-9-14/h3-4,10,12-14,16H,5-9,11H2,1-2H3. The highest BCUT2D eigenvalue weighted by atomic mass is 32.3. The van der Waals surface area contributed by atoms with Crippen molar-refractivity contribution in [1.82, 2.24) is 4.72 Å². The molecule has 1 N–H and O–H groups in total. The van der Waals surface area contributed by atoms with Gasteiger partial charge in [0.2, 0.25) is 0 Å². The quantitative estimate of drug-likeness (QED) is 0.726. The van der Waals surface area contributed by atoms with Gasteiger partial charge in [-0.05, 0) is 49.1 Å². The Hall–Kier alpha value is -0.470. The number of hydrogen-bond donors (Lipinski definition) is 1. The molecule has 1 unspecified atom stereocenters. The van der Waals surface area contributed by atoms with Gasteiger partial charge in [0.05, 0.1) is 0 Å². The molecule has 1 fully saturated rings.